The van der Waals surface area contributed by atoms with Crippen LogP contribution in [0.15, 0.2) is 29.3 Å². The minimum Gasteiger partial charge on any atom is -0.316 e. The zero-order chi connectivity index (χ0) is 18.1. The van der Waals surface area contributed by atoms with Crippen LogP contribution < -0.4 is 5.32 Å². The van der Waals surface area contributed by atoms with Gasteiger partial charge in [0.1, 0.15) is 15.4 Å². The van der Waals surface area contributed by atoms with Crippen molar-refractivity contribution in [2.24, 2.45) is 4.99 Å². The van der Waals surface area contributed by atoms with Crippen molar-refractivity contribution in [2.75, 3.05) is 5.32 Å². The zero-order valence-electron chi connectivity index (χ0n) is 14.2. The van der Waals surface area contributed by atoms with Crippen LogP contribution in [0.3, 0.4) is 0 Å². The van der Waals surface area contributed by atoms with Gasteiger partial charge in [-0.3, -0.25) is 4.79 Å². The number of aryl methyl sites for hydroxylation is 1. The van der Waals surface area contributed by atoms with Gasteiger partial charge in [-0.05, 0) is 43.4 Å². The highest BCUT2D eigenvalue weighted by atomic mass is 32.2. The largest absolute Gasteiger partial charge is 0.316 e. The summed E-state index contributed by atoms with van der Waals surface area (Å²) in [5, 5.41) is 12.9. The van der Waals surface area contributed by atoms with Crippen LogP contribution in [0, 0.1) is 11.3 Å². The maximum atomic E-state index is 12.6. The van der Waals surface area contributed by atoms with E-state index < -0.39 is 0 Å². The molecule has 0 saturated carbocycles. The number of fused-ring (bicyclic) bond motifs is 2. The molecule has 0 radical (unpaired) electrons. The van der Waals surface area contributed by atoms with Gasteiger partial charge >= 0.3 is 0 Å². The van der Waals surface area contributed by atoms with E-state index in [4.69, 9.17) is 0 Å². The van der Waals surface area contributed by atoms with Crippen LogP contribution in [0.2, 0.25) is 0 Å². The standard InChI is InChI=1S/C19H17N3OS3/c1-11(25-19-21-15-7-3-2-5-12(15)10-24-19)17(23)22-18-14(9-20)13-6-4-8-16(13)26-18/h2-3,5,7,11H,4,6,8,10H2,1H3,(H,22,23). The fourth-order valence-electron chi connectivity index (χ4n) is 3.10. The molecule has 1 atom stereocenters. The van der Waals surface area contributed by atoms with Crippen molar-refractivity contribution in [3.8, 4) is 6.07 Å². The number of nitrogens with zero attached hydrogens (tertiary/aromatic N) is 2. The van der Waals surface area contributed by atoms with E-state index in [0.29, 0.717) is 10.6 Å². The first-order valence-electron chi connectivity index (χ1n) is 8.47. The number of hydrogen-bond donors (Lipinski definition) is 1. The van der Waals surface area contributed by atoms with E-state index in [1.807, 2.05) is 25.1 Å². The average Bonchev–Trinajstić information content (AvgIpc) is 3.22. The maximum Gasteiger partial charge on any atom is 0.238 e. The predicted octanol–water partition coefficient (Wildman–Crippen LogP) is 5.10. The Bertz CT molecular complexity index is 942. The molecule has 1 aromatic heterocycles. The second-order valence-corrected chi connectivity index (χ2v) is 9.87. The van der Waals surface area contributed by atoms with Crippen molar-refractivity contribution >= 4 is 55.8 Å². The highest BCUT2D eigenvalue weighted by molar-refractivity contribution is 8.39. The van der Waals surface area contributed by atoms with Crippen LogP contribution in [-0.4, -0.2) is 15.5 Å². The Balaban J connectivity index is 1.45. The molecular formula is C19H17N3OS3. The number of nitrogens with one attached hydrogen (secondary N) is 1. The van der Waals surface area contributed by atoms with Gasteiger partial charge in [0, 0.05) is 10.6 Å². The van der Waals surface area contributed by atoms with Crippen molar-refractivity contribution in [2.45, 2.75) is 37.2 Å². The monoisotopic (exact) mass is 399 g/mol. The smallest absolute Gasteiger partial charge is 0.238 e. The molecule has 0 saturated heterocycles. The Labute approximate surface area is 165 Å². The van der Waals surface area contributed by atoms with Crippen LogP contribution in [0.1, 0.15) is 34.9 Å². The Morgan fingerprint density at radius 1 is 1.38 bits per heavy atom. The second kappa shape index (κ2) is 7.47. The van der Waals surface area contributed by atoms with Gasteiger partial charge in [-0.15, -0.1) is 11.3 Å². The number of nitriles is 1. The number of amides is 1. The first kappa shape index (κ1) is 17.7. The maximum absolute atomic E-state index is 12.6. The van der Waals surface area contributed by atoms with Gasteiger partial charge in [-0.25, -0.2) is 4.99 Å². The van der Waals surface area contributed by atoms with Crippen molar-refractivity contribution in [3.05, 3.63) is 45.8 Å². The molecule has 0 spiro atoms. The van der Waals surface area contributed by atoms with E-state index in [-0.39, 0.29) is 11.2 Å². The summed E-state index contributed by atoms with van der Waals surface area (Å²) in [5.74, 6) is 0.806. The molecule has 26 heavy (non-hydrogen) atoms. The predicted molar refractivity (Wildman–Crippen MR) is 112 cm³/mol. The van der Waals surface area contributed by atoms with Gasteiger partial charge in [0.2, 0.25) is 5.91 Å². The summed E-state index contributed by atoms with van der Waals surface area (Å²) in [6.45, 7) is 1.89. The van der Waals surface area contributed by atoms with Crippen molar-refractivity contribution in [3.63, 3.8) is 0 Å². The first-order valence-corrected chi connectivity index (χ1v) is 11.2. The van der Waals surface area contributed by atoms with E-state index in [9.17, 15) is 10.1 Å². The summed E-state index contributed by atoms with van der Waals surface area (Å²) in [4.78, 5) is 18.5. The van der Waals surface area contributed by atoms with Gasteiger partial charge in [0.05, 0.1) is 16.5 Å². The van der Waals surface area contributed by atoms with Crippen LogP contribution in [0.5, 0.6) is 0 Å². The van der Waals surface area contributed by atoms with Crippen molar-refractivity contribution in [1.29, 1.82) is 5.26 Å². The number of aliphatic imine (C=N–C) groups is 1. The quantitative estimate of drug-likeness (QED) is 0.779. The molecule has 4 rings (SSSR count). The lowest BCUT2D eigenvalue weighted by molar-refractivity contribution is -0.115. The second-order valence-electron chi connectivity index (χ2n) is 6.22. The summed E-state index contributed by atoms with van der Waals surface area (Å²) in [5.41, 5.74) is 4.01. The number of rotatable bonds is 3. The third-order valence-corrected chi connectivity index (χ3v) is 7.97. The minimum atomic E-state index is -0.269. The minimum absolute atomic E-state index is 0.0754. The third-order valence-electron chi connectivity index (χ3n) is 4.47. The van der Waals surface area contributed by atoms with E-state index in [1.165, 1.54) is 22.2 Å². The first-order chi connectivity index (χ1) is 12.7. The number of para-hydroxylation sites is 1. The fourth-order valence-corrected chi connectivity index (χ4v) is 6.53. The molecule has 132 valence electrons. The Kier molecular flexibility index (Phi) is 5.07. The number of benzene rings is 1. The Hall–Kier alpha value is -1.75. The number of thiophene rings is 1. The molecule has 2 heterocycles. The Morgan fingerprint density at radius 2 is 2.23 bits per heavy atom. The van der Waals surface area contributed by atoms with Crippen LogP contribution in [-0.2, 0) is 23.4 Å². The normalized spacial score (nSPS) is 16.2. The molecule has 1 aliphatic carbocycles. The lowest BCUT2D eigenvalue weighted by Gasteiger charge is -2.17. The van der Waals surface area contributed by atoms with E-state index >= 15 is 0 Å². The van der Waals surface area contributed by atoms with Crippen molar-refractivity contribution < 1.29 is 4.79 Å². The van der Waals surface area contributed by atoms with Gasteiger partial charge < -0.3 is 5.32 Å². The molecule has 2 aliphatic rings. The van der Waals surface area contributed by atoms with Crippen LogP contribution >= 0.6 is 34.9 Å². The number of hydrogen-bond acceptors (Lipinski definition) is 6. The molecule has 4 nitrogen and oxygen atoms in total. The molecule has 1 amide bonds. The van der Waals surface area contributed by atoms with Gasteiger partial charge in [0.25, 0.3) is 0 Å². The third kappa shape index (κ3) is 3.41. The van der Waals surface area contributed by atoms with Gasteiger partial charge in [-0.2, -0.15) is 5.26 Å². The summed E-state index contributed by atoms with van der Waals surface area (Å²) >= 11 is 4.70. The highest BCUT2D eigenvalue weighted by Gasteiger charge is 2.25. The summed E-state index contributed by atoms with van der Waals surface area (Å²) in [6, 6.07) is 10.4. The zero-order valence-corrected chi connectivity index (χ0v) is 16.7. The van der Waals surface area contributed by atoms with Crippen molar-refractivity contribution in [1.82, 2.24) is 0 Å². The summed E-state index contributed by atoms with van der Waals surface area (Å²) < 4.78 is 0.917. The lowest BCUT2D eigenvalue weighted by atomic mass is 10.1. The number of anilines is 1. The highest BCUT2D eigenvalue weighted by Crippen LogP contribution is 2.39. The molecule has 1 aliphatic heterocycles. The Morgan fingerprint density at radius 3 is 3.08 bits per heavy atom. The van der Waals surface area contributed by atoms with E-state index in [2.05, 4.69) is 22.4 Å². The molecule has 0 fully saturated rings. The topological polar surface area (TPSA) is 65.2 Å². The SMILES string of the molecule is CC(SC1=Nc2ccccc2CS1)C(=O)Nc1sc2c(c1C#N)CCC2. The molecule has 0 bridgehead atoms. The lowest BCUT2D eigenvalue weighted by Crippen LogP contribution is -2.23. The number of carbonyl (C=O) groups excluding carboxylic acids is 1. The molecule has 1 N–H and O–H groups in total. The number of thioether (sulfide) groups is 2. The molecule has 2 aromatic rings. The van der Waals surface area contributed by atoms with Crippen LogP contribution in [0.25, 0.3) is 0 Å². The summed E-state index contributed by atoms with van der Waals surface area (Å²) in [7, 11) is 0. The molecular weight excluding hydrogens is 382 g/mol. The van der Waals surface area contributed by atoms with Crippen LogP contribution in [0.4, 0.5) is 10.7 Å². The fraction of sp³-hybridized carbons (Fsp3) is 0.316. The van der Waals surface area contributed by atoms with Gasteiger partial charge in [0.15, 0.2) is 0 Å². The molecule has 7 heteroatoms. The van der Waals surface area contributed by atoms with Gasteiger partial charge in [-0.1, -0.05) is 41.7 Å². The van der Waals surface area contributed by atoms with E-state index in [1.54, 1.807) is 23.1 Å². The average molecular weight is 400 g/mol. The van der Waals surface area contributed by atoms with E-state index in [0.717, 1.165) is 40.6 Å². The molecule has 1 unspecified atom stereocenters. The number of carbonyl (C=O) groups is 1. The summed E-state index contributed by atoms with van der Waals surface area (Å²) in [6.07, 6.45) is 3.07. The molecule has 1 aromatic carbocycles.